The van der Waals surface area contributed by atoms with Crippen LogP contribution in [0.2, 0.25) is 0 Å². The van der Waals surface area contributed by atoms with Crippen molar-refractivity contribution in [3.8, 4) is 17.0 Å². The molecule has 0 fully saturated rings. The van der Waals surface area contributed by atoms with Gasteiger partial charge in [0.05, 0.1) is 6.61 Å². The normalized spacial score (nSPS) is 10.5. The Morgan fingerprint density at radius 3 is 2.74 bits per heavy atom. The number of rotatable bonds is 3. The van der Waals surface area contributed by atoms with Gasteiger partial charge < -0.3 is 9.84 Å². The fraction of sp³-hybridized carbons (Fsp3) is 0.308. The molecule has 6 heteroatoms. The number of hydrogen-bond donors (Lipinski definition) is 2. The first-order valence-corrected chi connectivity index (χ1v) is 5.93. The van der Waals surface area contributed by atoms with E-state index in [1.54, 1.807) is 13.0 Å². The van der Waals surface area contributed by atoms with E-state index < -0.39 is 5.97 Å². The van der Waals surface area contributed by atoms with Gasteiger partial charge >= 0.3 is 5.97 Å². The lowest BCUT2D eigenvalue weighted by Gasteiger charge is -2.08. The number of nitrogens with zero attached hydrogens (tertiary/aromatic N) is 2. The van der Waals surface area contributed by atoms with Crippen LogP contribution >= 0.6 is 0 Å². The van der Waals surface area contributed by atoms with Crippen molar-refractivity contribution in [3.05, 3.63) is 29.0 Å². The van der Waals surface area contributed by atoms with Crippen LogP contribution in [0.25, 0.3) is 11.3 Å². The zero-order valence-electron chi connectivity index (χ0n) is 11.0. The summed E-state index contributed by atoms with van der Waals surface area (Å²) in [5.41, 5.74) is 2.61. The molecule has 0 saturated heterocycles. The first kappa shape index (κ1) is 13.1. The first-order valence-electron chi connectivity index (χ1n) is 5.93. The van der Waals surface area contributed by atoms with Gasteiger partial charge in [-0.2, -0.15) is 10.3 Å². The number of phenols is 1. The number of aromatic hydroxyl groups is 1. The molecule has 0 aliphatic rings. The Hall–Kier alpha value is -2.37. The van der Waals surface area contributed by atoms with E-state index in [0.717, 1.165) is 11.1 Å². The largest absolute Gasteiger partial charge is 0.507 e. The van der Waals surface area contributed by atoms with Gasteiger partial charge in [-0.15, -0.1) is 5.10 Å². The van der Waals surface area contributed by atoms with Crippen LogP contribution in [-0.4, -0.2) is 33.1 Å². The number of hydrogen-bond acceptors (Lipinski definition) is 5. The highest BCUT2D eigenvalue weighted by Crippen LogP contribution is 2.33. The van der Waals surface area contributed by atoms with Gasteiger partial charge in [0.25, 0.3) is 0 Å². The second kappa shape index (κ2) is 5.09. The standard InChI is InChI=1S/C13H15N3O3/c1-4-19-13(18)12-11(14-16-15-12)10-8(3)5-7(2)6-9(10)17/h5-6,17H,4H2,1-3H3,(H,14,15,16). The number of aryl methyl sites for hydroxylation is 2. The van der Waals surface area contributed by atoms with Gasteiger partial charge in [0.15, 0.2) is 5.69 Å². The highest BCUT2D eigenvalue weighted by molar-refractivity contribution is 5.95. The molecule has 0 atom stereocenters. The number of aromatic amines is 1. The van der Waals surface area contributed by atoms with Crippen LogP contribution < -0.4 is 0 Å². The van der Waals surface area contributed by atoms with Crippen molar-refractivity contribution >= 4 is 5.97 Å². The number of aromatic nitrogens is 3. The van der Waals surface area contributed by atoms with E-state index in [1.165, 1.54) is 0 Å². The second-order valence-electron chi connectivity index (χ2n) is 4.22. The lowest BCUT2D eigenvalue weighted by molar-refractivity contribution is 0.0520. The number of carbonyl (C=O) groups excluding carboxylic acids is 1. The van der Waals surface area contributed by atoms with Gasteiger partial charge in [0.1, 0.15) is 11.4 Å². The molecule has 0 bridgehead atoms. The van der Waals surface area contributed by atoms with E-state index in [9.17, 15) is 9.90 Å². The summed E-state index contributed by atoms with van der Waals surface area (Å²) in [5.74, 6) is -0.498. The van der Waals surface area contributed by atoms with E-state index in [0.29, 0.717) is 11.3 Å². The van der Waals surface area contributed by atoms with Gasteiger partial charge in [0.2, 0.25) is 0 Å². The molecule has 0 spiro atoms. The van der Waals surface area contributed by atoms with E-state index in [1.807, 2.05) is 19.9 Å². The predicted octanol–water partition coefficient (Wildman–Crippen LogP) is 1.97. The highest BCUT2D eigenvalue weighted by atomic mass is 16.5. The number of ether oxygens (including phenoxy) is 1. The third kappa shape index (κ3) is 2.42. The van der Waals surface area contributed by atoms with Crippen molar-refractivity contribution in [3.63, 3.8) is 0 Å². The fourth-order valence-electron chi connectivity index (χ4n) is 2.00. The molecule has 0 amide bonds. The maximum absolute atomic E-state index is 11.8. The summed E-state index contributed by atoms with van der Waals surface area (Å²) in [6, 6.07) is 3.52. The molecule has 1 aromatic heterocycles. The molecule has 0 aliphatic heterocycles. The lowest BCUT2D eigenvalue weighted by atomic mass is 10.0. The molecule has 2 N–H and O–H groups in total. The molecule has 2 aromatic rings. The molecular weight excluding hydrogens is 246 g/mol. The van der Waals surface area contributed by atoms with Crippen molar-refractivity contribution in [2.24, 2.45) is 0 Å². The fourth-order valence-corrected chi connectivity index (χ4v) is 2.00. The summed E-state index contributed by atoms with van der Waals surface area (Å²) >= 11 is 0. The summed E-state index contributed by atoms with van der Waals surface area (Å²) in [4.78, 5) is 11.8. The maximum Gasteiger partial charge on any atom is 0.361 e. The van der Waals surface area contributed by atoms with E-state index in [-0.39, 0.29) is 18.1 Å². The van der Waals surface area contributed by atoms with Crippen molar-refractivity contribution in [2.75, 3.05) is 6.61 Å². The smallest absolute Gasteiger partial charge is 0.361 e. The Morgan fingerprint density at radius 1 is 1.37 bits per heavy atom. The number of benzene rings is 1. The molecule has 19 heavy (non-hydrogen) atoms. The van der Waals surface area contributed by atoms with Gasteiger partial charge in [-0.3, -0.25) is 0 Å². The molecule has 0 aliphatic carbocycles. The van der Waals surface area contributed by atoms with Crippen LogP contribution in [0.1, 0.15) is 28.5 Å². The third-order valence-electron chi connectivity index (χ3n) is 2.71. The summed E-state index contributed by atoms with van der Waals surface area (Å²) < 4.78 is 4.91. The topological polar surface area (TPSA) is 88.1 Å². The average molecular weight is 261 g/mol. The molecule has 1 heterocycles. The van der Waals surface area contributed by atoms with Gasteiger partial charge in [-0.25, -0.2) is 4.79 Å². The number of esters is 1. The molecule has 0 radical (unpaired) electrons. The number of carbonyl (C=O) groups is 1. The Balaban J connectivity index is 2.55. The first-order chi connectivity index (χ1) is 9.04. The second-order valence-corrected chi connectivity index (χ2v) is 4.22. The SMILES string of the molecule is CCOC(=O)c1n[nH]nc1-c1c(C)cc(C)cc1O. The Kier molecular flexibility index (Phi) is 3.50. The monoisotopic (exact) mass is 261 g/mol. The molecule has 2 rings (SSSR count). The maximum atomic E-state index is 11.8. The van der Waals surface area contributed by atoms with Crippen LogP contribution in [0.4, 0.5) is 0 Å². The predicted molar refractivity (Wildman–Crippen MR) is 68.9 cm³/mol. The average Bonchev–Trinajstić information content (AvgIpc) is 2.77. The van der Waals surface area contributed by atoms with E-state index in [4.69, 9.17) is 4.74 Å². The molecule has 0 saturated carbocycles. The number of H-pyrrole nitrogens is 1. The van der Waals surface area contributed by atoms with Crippen LogP contribution in [0.15, 0.2) is 12.1 Å². The minimum absolute atomic E-state index is 0.0666. The van der Waals surface area contributed by atoms with Gasteiger partial charge in [0, 0.05) is 5.56 Å². The van der Waals surface area contributed by atoms with Crippen LogP contribution in [0.5, 0.6) is 5.75 Å². The highest BCUT2D eigenvalue weighted by Gasteiger charge is 2.22. The quantitative estimate of drug-likeness (QED) is 0.825. The summed E-state index contributed by atoms with van der Waals surface area (Å²) in [5, 5.41) is 20.2. The van der Waals surface area contributed by atoms with Gasteiger partial charge in [-0.1, -0.05) is 6.07 Å². The third-order valence-corrected chi connectivity index (χ3v) is 2.71. The molecule has 6 nitrogen and oxygen atoms in total. The zero-order chi connectivity index (χ0) is 14.0. The van der Waals surface area contributed by atoms with Crippen LogP contribution in [0.3, 0.4) is 0 Å². The molecule has 1 aromatic carbocycles. The van der Waals surface area contributed by atoms with E-state index >= 15 is 0 Å². The molecular formula is C13H15N3O3. The minimum atomic E-state index is -0.564. The lowest BCUT2D eigenvalue weighted by Crippen LogP contribution is -2.07. The van der Waals surface area contributed by atoms with E-state index in [2.05, 4.69) is 15.4 Å². The van der Waals surface area contributed by atoms with Crippen molar-refractivity contribution < 1.29 is 14.6 Å². The van der Waals surface area contributed by atoms with Crippen LogP contribution in [-0.2, 0) is 4.74 Å². The zero-order valence-corrected chi connectivity index (χ0v) is 11.0. The van der Waals surface area contributed by atoms with Crippen LogP contribution in [0, 0.1) is 13.8 Å². The summed E-state index contributed by atoms with van der Waals surface area (Å²) in [7, 11) is 0. The van der Waals surface area contributed by atoms with Crippen molar-refractivity contribution in [1.82, 2.24) is 15.4 Å². The van der Waals surface area contributed by atoms with Crippen molar-refractivity contribution in [1.29, 1.82) is 0 Å². The molecule has 100 valence electrons. The Labute approximate surface area is 110 Å². The van der Waals surface area contributed by atoms with Gasteiger partial charge in [-0.05, 0) is 38.0 Å². The number of phenolic OH excluding ortho intramolecular Hbond substituents is 1. The number of nitrogens with one attached hydrogen (secondary N) is 1. The minimum Gasteiger partial charge on any atom is -0.507 e. The molecule has 0 unspecified atom stereocenters. The summed E-state index contributed by atoms with van der Waals surface area (Å²) in [6.45, 7) is 5.69. The Bertz CT molecular complexity index is 596. The Morgan fingerprint density at radius 2 is 2.11 bits per heavy atom. The summed E-state index contributed by atoms with van der Waals surface area (Å²) in [6.07, 6.45) is 0. The van der Waals surface area contributed by atoms with Crippen molar-refractivity contribution in [2.45, 2.75) is 20.8 Å².